The second-order valence-corrected chi connectivity index (χ2v) is 7.93. The van der Waals surface area contributed by atoms with E-state index in [0.717, 1.165) is 29.7 Å². The van der Waals surface area contributed by atoms with Crippen molar-refractivity contribution in [3.8, 4) is 0 Å². The molecular formula is C19H28N+. The van der Waals surface area contributed by atoms with Gasteiger partial charge in [-0.1, -0.05) is 30.3 Å². The minimum Gasteiger partial charge on any atom is -0.342 e. The number of quaternary nitrogens is 1. The summed E-state index contributed by atoms with van der Waals surface area (Å²) in [6.07, 6.45) is 10.9. The summed E-state index contributed by atoms with van der Waals surface area (Å²) in [6, 6.07) is 10.9. The standard InChI is InChI=1S/C19H27N/c1-2-4-15(5-3-1)14-20-7-6-19-11-16-8-17(12-19)10-18(9-16)13-19/h1-5,16-18,20H,6-14H2/p+1. The maximum absolute atomic E-state index is 2.54. The Bertz CT molecular complexity index is 415. The van der Waals surface area contributed by atoms with E-state index in [4.69, 9.17) is 0 Å². The van der Waals surface area contributed by atoms with Crippen molar-refractivity contribution in [2.45, 2.75) is 51.5 Å². The summed E-state index contributed by atoms with van der Waals surface area (Å²) in [5.74, 6) is 3.32. The van der Waals surface area contributed by atoms with Crippen LogP contribution in [0.25, 0.3) is 0 Å². The van der Waals surface area contributed by atoms with Crippen molar-refractivity contribution >= 4 is 0 Å². The van der Waals surface area contributed by atoms with E-state index in [-0.39, 0.29) is 0 Å². The van der Waals surface area contributed by atoms with E-state index >= 15 is 0 Å². The lowest BCUT2D eigenvalue weighted by atomic mass is 9.49. The number of benzene rings is 1. The Hall–Kier alpha value is -0.820. The molecule has 0 amide bonds. The molecule has 108 valence electrons. The molecule has 1 aromatic rings. The van der Waals surface area contributed by atoms with Crippen molar-refractivity contribution in [3.63, 3.8) is 0 Å². The smallest absolute Gasteiger partial charge is 0.101 e. The molecule has 4 aliphatic carbocycles. The average Bonchev–Trinajstić information content (AvgIpc) is 2.43. The first-order valence-electron chi connectivity index (χ1n) is 8.67. The van der Waals surface area contributed by atoms with Crippen LogP contribution in [0.4, 0.5) is 0 Å². The van der Waals surface area contributed by atoms with E-state index in [0.29, 0.717) is 0 Å². The third-order valence-corrected chi connectivity index (χ3v) is 6.27. The minimum atomic E-state index is 0.766. The van der Waals surface area contributed by atoms with E-state index in [1.807, 2.05) is 0 Å². The SMILES string of the molecule is c1ccc(C[NH2+]CCC23CC4CC(CC(C4)C2)C3)cc1. The third kappa shape index (κ3) is 2.53. The number of hydrogen-bond donors (Lipinski definition) is 1. The summed E-state index contributed by atoms with van der Waals surface area (Å²) in [7, 11) is 0. The van der Waals surface area contributed by atoms with Gasteiger partial charge >= 0.3 is 0 Å². The molecule has 4 fully saturated rings. The molecule has 0 radical (unpaired) electrons. The fourth-order valence-corrected chi connectivity index (χ4v) is 5.89. The van der Waals surface area contributed by atoms with Crippen LogP contribution >= 0.6 is 0 Å². The van der Waals surface area contributed by atoms with Crippen molar-refractivity contribution < 1.29 is 5.32 Å². The molecule has 4 bridgehead atoms. The topological polar surface area (TPSA) is 16.6 Å². The van der Waals surface area contributed by atoms with E-state index in [9.17, 15) is 0 Å². The van der Waals surface area contributed by atoms with E-state index in [1.165, 1.54) is 18.5 Å². The predicted molar refractivity (Wildman–Crippen MR) is 82.2 cm³/mol. The molecule has 0 saturated heterocycles. The molecule has 0 heterocycles. The van der Waals surface area contributed by atoms with Crippen molar-refractivity contribution in [1.82, 2.24) is 0 Å². The minimum absolute atomic E-state index is 0.766. The maximum Gasteiger partial charge on any atom is 0.101 e. The molecule has 20 heavy (non-hydrogen) atoms. The van der Waals surface area contributed by atoms with Crippen LogP contribution in [0.1, 0.15) is 50.5 Å². The van der Waals surface area contributed by atoms with Crippen molar-refractivity contribution in [2.75, 3.05) is 6.54 Å². The van der Waals surface area contributed by atoms with Crippen molar-refractivity contribution in [1.29, 1.82) is 0 Å². The summed E-state index contributed by atoms with van der Waals surface area (Å²) in [5, 5.41) is 2.54. The highest BCUT2D eigenvalue weighted by molar-refractivity contribution is 5.13. The molecule has 0 atom stereocenters. The highest BCUT2D eigenvalue weighted by Crippen LogP contribution is 2.61. The highest BCUT2D eigenvalue weighted by atomic mass is 14.8. The molecule has 1 heteroatoms. The number of rotatable bonds is 5. The van der Waals surface area contributed by atoms with Crippen LogP contribution in [0.5, 0.6) is 0 Å². The molecule has 2 N–H and O–H groups in total. The second-order valence-electron chi connectivity index (χ2n) is 7.93. The van der Waals surface area contributed by atoms with Gasteiger partial charge in [0.1, 0.15) is 6.54 Å². The summed E-state index contributed by atoms with van der Waals surface area (Å²) < 4.78 is 0. The number of hydrogen-bond acceptors (Lipinski definition) is 0. The van der Waals surface area contributed by atoms with Crippen LogP contribution < -0.4 is 5.32 Å². The van der Waals surface area contributed by atoms with E-state index in [2.05, 4.69) is 35.6 Å². The zero-order chi connectivity index (χ0) is 13.4. The first-order valence-corrected chi connectivity index (χ1v) is 8.67. The Morgan fingerprint density at radius 1 is 0.900 bits per heavy atom. The Balaban J connectivity index is 1.29. The predicted octanol–water partition coefficient (Wildman–Crippen LogP) is 3.36. The molecule has 0 unspecified atom stereocenters. The zero-order valence-corrected chi connectivity index (χ0v) is 12.6. The van der Waals surface area contributed by atoms with Gasteiger partial charge in [-0.15, -0.1) is 0 Å². The maximum atomic E-state index is 2.54. The summed E-state index contributed by atoms with van der Waals surface area (Å²) >= 11 is 0. The van der Waals surface area contributed by atoms with Gasteiger partial charge < -0.3 is 5.32 Å². The Labute approximate surface area is 123 Å². The van der Waals surface area contributed by atoms with Gasteiger partial charge in [-0.25, -0.2) is 0 Å². The van der Waals surface area contributed by atoms with Crippen LogP contribution in [-0.4, -0.2) is 6.54 Å². The molecule has 1 aromatic carbocycles. The fraction of sp³-hybridized carbons (Fsp3) is 0.684. The van der Waals surface area contributed by atoms with Gasteiger partial charge in [-0.3, -0.25) is 0 Å². The van der Waals surface area contributed by atoms with E-state index < -0.39 is 0 Å². The fourth-order valence-electron chi connectivity index (χ4n) is 5.89. The molecule has 0 aromatic heterocycles. The van der Waals surface area contributed by atoms with Crippen molar-refractivity contribution in [2.24, 2.45) is 23.2 Å². The third-order valence-electron chi connectivity index (χ3n) is 6.27. The Morgan fingerprint density at radius 2 is 1.50 bits per heavy atom. The first kappa shape index (κ1) is 12.9. The summed E-state index contributed by atoms with van der Waals surface area (Å²) in [4.78, 5) is 0. The van der Waals surface area contributed by atoms with Crippen LogP contribution in [0.3, 0.4) is 0 Å². The zero-order valence-electron chi connectivity index (χ0n) is 12.6. The first-order chi connectivity index (χ1) is 9.81. The molecule has 0 spiro atoms. The molecule has 0 aliphatic heterocycles. The Kier molecular flexibility index (Phi) is 3.34. The Morgan fingerprint density at radius 3 is 2.10 bits per heavy atom. The summed E-state index contributed by atoms with van der Waals surface area (Å²) in [6.45, 7) is 2.49. The summed E-state index contributed by atoms with van der Waals surface area (Å²) in [5.41, 5.74) is 2.24. The van der Waals surface area contributed by atoms with Crippen LogP contribution in [0, 0.1) is 23.2 Å². The van der Waals surface area contributed by atoms with Gasteiger partial charge in [-0.2, -0.15) is 0 Å². The van der Waals surface area contributed by atoms with Crippen LogP contribution in [-0.2, 0) is 6.54 Å². The van der Waals surface area contributed by atoms with Gasteiger partial charge in [0, 0.05) is 12.0 Å². The van der Waals surface area contributed by atoms with Gasteiger partial charge in [0.25, 0.3) is 0 Å². The van der Waals surface area contributed by atoms with Gasteiger partial charge in [0.2, 0.25) is 0 Å². The van der Waals surface area contributed by atoms with Gasteiger partial charge in [0.15, 0.2) is 0 Å². The molecule has 5 rings (SSSR count). The molecule has 4 saturated carbocycles. The normalized spacial score (nSPS) is 38.3. The van der Waals surface area contributed by atoms with Crippen LogP contribution in [0.15, 0.2) is 30.3 Å². The molecule has 4 aliphatic rings. The largest absolute Gasteiger partial charge is 0.342 e. The van der Waals surface area contributed by atoms with Crippen LogP contribution in [0.2, 0.25) is 0 Å². The lowest BCUT2D eigenvalue weighted by molar-refractivity contribution is -0.672. The molecule has 1 nitrogen and oxygen atoms in total. The number of nitrogens with two attached hydrogens (primary N) is 1. The second kappa shape index (κ2) is 5.18. The van der Waals surface area contributed by atoms with Gasteiger partial charge in [-0.05, 0) is 61.7 Å². The lowest BCUT2D eigenvalue weighted by Gasteiger charge is -2.56. The van der Waals surface area contributed by atoms with Gasteiger partial charge in [0.05, 0.1) is 6.54 Å². The van der Waals surface area contributed by atoms with Crippen molar-refractivity contribution in [3.05, 3.63) is 35.9 Å². The van der Waals surface area contributed by atoms with E-state index in [1.54, 1.807) is 38.5 Å². The molecular weight excluding hydrogens is 242 g/mol. The highest BCUT2D eigenvalue weighted by Gasteiger charge is 2.50. The quantitative estimate of drug-likeness (QED) is 0.790. The monoisotopic (exact) mass is 270 g/mol. The average molecular weight is 270 g/mol. The lowest BCUT2D eigenvalue weighted by Crippen LogP contribution is -2.83.